The SMILES string of the molecule is O=C(NNS(=O)(=O)c1c(F)cccc1F)C12CC3CC(CC(C3)C1)C2. The molecule has 2 N–H and O–H groups in total. The highest BCUT2D eigenvalue weighted by Crippen LogP contribution is 2.60. The molecule has 0 aliphatic heterocycles. The van der Waals surface area contributed by atoms with Crippen LogP contribution in [-0.2, 0) is 14.8 Å². The van der Waals surface area contributed by atoms with Crippen molar-refractivity contribution in [3.8, 4) is 0 Å². The number of sulfonamides is 1. The van der Waals surface area contributed by atoms with Crippen molar-refractivity contribution in [2.24, 2.45) is 23.2 Å². The first-order chi connectivity index (χ1) is 11.8. The molecule has 4 fully saturated rings. The van der Waals surface area contributed by atoms with Crippen LogP contribution in [0.5, 0.6) is 0 Å². The summed E-state index contributed by atoms with van der Waals surface area (Å²) in [5, 5.41) is 0. The molecule has 0 heterocycles. The average Bonchev–Trinajstić information content (AvgIpc) is 2.51. The minimum Gasteiger partial charge on any atom is -0.277 e. The van der Waals surface area contributed by atoms with Crippen LogP contribution in [0.2, 0.25) is 0 Å². The maximum Gasteiger partial charge on any atom is 0.263 e. The third-order valence-corrected chi connectivity index (χ3v) is 7.30. The Morgan fingerprint density at radius 1 is 1.00 bits per heavy atom. The van der Waals surface area contributed by atoms with E-state index in [-0.39, 0.29) is 5.91 Å². The van der Waals surface area contributed by atoms with Gasteiger partial charge in [0.15, 0.2) is 4.90 Å². The lowest BCUT2D eigenvalue weighted by atomic mass is 9.49. The fraction of sp³-hybridized carbons (Fsp3) is 0.588. The molecule has 1 aromatic carbocycles. The number of hydrazine groups is 1. The van der Waals surface area contributed by atoms with Crippen LogP contribution in [0.1, 0.15) is 38.5 Å². The van der Waals surface area contributed by atoms with E-state index < -0.39 is 32.0 Å². The van der Waals surface area contributed by atoms with Crippen molar-refractivity contribution in [3.05, 3.63) is 29.8 Å². The second kappa shape index (κ2) is 5.74. The van der Waals surface area contributed by atoms with Crippen LogP contribution in [-0.4, -0.2) is 14.3 Å². The minimum atomic E-state index is -4.52. The van der Waals surface area contributed by atoms with E-state index in [1.807, 2.05) is 4.83 Å². The zero-order valence-corrected chi connectivity index (χ0v) is 14.4. The number of rotatable bonds is 4. The summed E-state index contributed by atoms with van der Waals surface area (Å²) in [5.41, 5.74) is 1.67. The van der Waals surface area contributed by atoms with Gasteiger partial charge in [-0.2, -0.15) is 0 Å². The van der Waals surface area contributed by atoms with Gasteiger partial charge in [-0.15, -0.1) is 4.83 Å². The Kier molecular flexibility index (Phi) is 3.88. The molecule has 1 aromatic rings. The largest absolute Gasteiger partial charge is 0.277 e. The smallest absolute Gasteiger partial charge is 0.263 e. The van der Waals surface area contributed by atoms with Crippen molar-refractivity contribution in [2.75, 3.05) is 0 Å². The number of hydrogen-bond donors (Lipinski definition) is 2. The number of amides is 1. The minimum absolute atomic E-state index is 0.382. The van der Waals surface area contributed by atoms with E-state index in [0.29, 0.717) is 17.8 Å². The van der Waals surface area contributed by atoms with E-state index in [2.05, 4.69) is 5.43 Å². The van der Waals surface area contributed by atoms with Gasteiger partial charge in [0.2, 0.25) is 5.91 Å². The molecule has 1 amide bonds. The van der Waals surface area contributed by atoms with Crippen LogP contribution >= 0.6 is 0 Å². The van der Waals surface area contributed by atoms with Crippen molar-refractivity contribution < 1.29 is 22.0 Å². The molecule has 0 radical (unpaired) electrons. The molecule has 0 atom stereocenters. The first kappa shape index (κ1) is 16.9. The van der Waals surface area contributed by atoms with Gasteiger partial charge in [-0.1, -0.05) is 6.07 Å². The Bertz CT molecular complexity index is 770. The quantitative estimate of drug-likeness (QED) is 0.800. The Morgan fingerprint density at radius 3 is 1.96 bits per heavy atom. The van der Waals surface area contributed by atoms with E-state index in [0.717, 1.165) is 56.7 Å². The Balaban J connectivity index is 1.51. The van der Waals surface area contributed by atoms with Crippen molar-refractivity contribution in [1.29, 1.82) is 0 Å². The lowest BCUT2D eigenvalue weighted by Crippen LogP contribution is -2.56. The summed E-state index contributed by atoms with van der Waals surface area (Å²) in [7, 11) is -4.52. The molecule has 4 aliphatic rings. The molecular weight excluding hydrogens is 350 g/mol. The van der Waals surface area contributed by atoms with Crippen LogP contribution in [0.25, 0.3) is 0 Å². The summed E-state index contributed by atoms with van der Waals surface area (Å²) in [5.74, 6) is -1.20. The predicted molar refractivity (Wildman–Crippen MR) is 85.4 cm³/mol. The molecule has 0 spiro atoms. The number of halogens is 2. The maximum atomic E-state index is 13.7. The lowest BCUT2D eigenvalue weighted by Gasteiger charge is -2.55. The monoisotopic (exact) mass is 370 g/mol. The number of hydrogen-bond acceptors (Lipinski definition) is 3. The number of carbonyl (C=O) groups is 1. The standard InChI is InChI=1S/C17H20F2N2O3S/c18-13-2-1-3-14(19)15(13)25(23,24)21-20-16(22)17-7-10-4-11(8-17)6-12(5-10)9-17/h1-3,10-12,21H,4-9H2,(H,20,22). The van der Waals surface area contributed by atoms with Crippen LogP contribution in [0.15, 0.2) is 23.1 Å². The molecule has 136 valence electrons. The first-order valence-electron chi connectivity index (χ1n) is 8.55. The third kappa shape index (κ3) is 2.85. The van der Waals surface area contributed by atoms with E-state index >= 15 is 0 Å². The van der Waals surface area contributed by atoms with Crippen LogP contribution < -0.4 is 10.3 Å². The average molecular weight is 370 g/mol. The van der Waals surface area contributed by atoms with Crippen molar-refractivity contribution in [1.82, 2.24) is 10.3 Å². The van der Waals surface area contributed by atoms with Gasteiger partial charge in [-0.3, -0.25) is 10.2 Å². The summed E-state index contributed by atoms with van der Waals surface area (Å²) < 4.78 is 51.8. The fourth-order valence-corrected chi connectivity index (χ4v) is 6.40. The summed E-state index contributed by atoms with van der Waals surface area (Å²) in [4.78, 5) is 13.5. The van der Waals surface area contributed by atoms with Crippen molar-refractivity contribution in [3.63, 3.8) is 0 Å². The summed E-state index contributed by atoms with van der Waals surface area (Å²) in [6, 6.07) is 2.80. The molecule has 4 aliphatic carbocycles. The molecule has 0 saturated heterocycles. The summed E-state index contributed by atoms with van der Waals surface area (Å²) in [6.07, 6.45) is 5.75. The molecule has 25 heavy (non-hydrogen) atoms. The van der Waals surface area contributed by atoms with Gasteiger partial charge in [0.1, 0.15) is 11.6 Å². The molecule has 0 aromatic heterocycles. The zero-order valence-electron chi connectivity index (χ0n) is 13.6. The molecular formula is C17H20F2N2O3S. The summed E-state index contributed by atoms with van der Waals surface area (Å²) in [6.45, 7) is 0. The van der Waals surface area contributed by atoms with Crippen molar-refractivity contribution >= 4 is 15.9 Å². The van der Waals surface area contributed by atoms with Gasteiger partial charge < -0.3 is 0 Å². The van der Waals surface area contributed by atoms with Gasteiger partial charge in [0.05, 0.1) is 5.41 Å². The highest BCUT2D eigenvalue weighted by Gasteiger charge is 2.54. The van der Waals surface area contributed by atoms with Crippen LogP contribution in [0.4, 0.5) is 8.78 Å². The predicted octanol–water partition coefficient (Wildman–Crippen LogP) is 2.49. The molecule has 4 bridgehead atoms. The van der Waals surface area contributed by atoms with Crippen LogP contribution in [0.3, 0.4) is 0 Å². The zero-order chi connectivity index (χ0) is 17.8. The maximum absolute atomic E-state index is 13.7. The molecule has 8 heteroatoms. The van der Waals surface area contributed by atoms with E-state index in [1.165, 1.54) is 0 Å². The lowest BCUT2D eigenvalue weighted by molar-refractivity contribution is -0.146. The van der Waals surface area contributed by atoms with Gasteiger partial charge in [-0.05, 0) is 68.4 Å². The summed E-state index contributed by atoms with van der Waals surface area (Å²) >= 11 is 0. The van der Waals surface area contributed by atoms with Crippen molar-refractivity contribution in [2.45, 2.75) is 43.4 Å². The molecule has 0 unspecified atom stereocenters. The Labute approximate surface area is 145 Å². The molecule has 5 nitrogen and oxygen atoms in total. The van der Waals surface area contributed by atoms with E-state index in [4.69, 9.17) is 0 Å². The van der Waals surface area contributed by atoms with Gasteiger partial charge >= 0.3 is 0 Å². The molecule has 5 rings (SSSR count). The normalized spacial score (nSPS) is 33.4. The highest BCUT2D eigenvalue weighted by atomic mass is 32.2. The van der Waals surface area contributed by atoms with E-state index in [9.17, 15) is 22.0 Å². The second-order valence-corrected chi connectivity index (χ2v) is 9.43. The van der Waals surface area contributed by atoms with E-state index in [1.54, 1.807) is 0 Å². The Morgan fingerprint density at radius 2 is 1.48 bits per heavy atom. The van der Waals surface area contributed by atoms with Gasteiger partial charge in [-0.25, -0.2) is 17.2 Å². The fourth-order valence-electron chi connectivity index (χ4n) is 5.43. The van der Waals surface area contributed by atoms with Gasteiger partial charge in [0.25, 0.3) is 10.0 Å². The second-order valence-electron chi connectivity index (χ2n) is 7.81. The number of carbonyl (C=O) groups excluding carboxylic acids is 1. The topological polar surface area (TPSA) is 75.3 Å². The number of nitrogens with one attached hydrogen (secondary N) is 2. The van der Waals surface area contributed by atoms with Crippen LogP contribution in [0, 0.1) is 34.8 Å². The number of benzene rings is 1. The first-order valence-corrected chi connectivity index (χ1v) is 10.0. The van der Waals surface area contributed by atoms with Gasteiger partial charge in [0, 0.05) is 0 Å². The Hall–Kier alpha value is -1.54. The highest BCUT2D eigenvalue weighted by molar-refractivity contribution is 7.89. The molecule has 4 saturated carbocycles. The third-order valence-electron chi connectivity index (χ3n) is 6.01.